The molecule has 1 aromatic carbocycles. The number of anilines is 2. The van der Waals surface area contributed by atoms with E-state index in [9.17, 15) is 8.42 Å². The van der Waals surface area contributed by atoms with Crippen LogP contribution in [0.25, 0.3) is 0 Å². The van der Waals surface area contributed by atoms with E-state index >= 15 is 0 Å². The minimum Gasteiger partial charge on any atom is -0.475 e. The van der Waals surface area contributed by atoms with Gasteiger partial charge in [-0.1, -0.05) is 53.0 Å². The first kappa shape index (κ1) is 22.8. The highest BCUT2D eigenvalue weighted by Crippen LogP contribution is 2.41. The highest BCUT2D eigenvalue weighted by atomic mass is 32.2. The van der Waals surface area contributed by atoms with Gasteiger partial charge in [0.05, 0.1) is 16.6 Å². The molecule has 2 N–H and O–H groups in total. The summed E-state index contributed by atoms with van der Waals surface area (Å²) in [7, 11) is -3.83. The molecule has 1 fully saturated rings. The molecule has 1 aromatic heterocycles. The molecule has 8 heteroatoms. The number of sulfonamides is 1. The summed E-state index contributed by atoms with van der Waals surface area (Å²) in [6.07, 6.45) is 4.38. The molecular weight excluding hydrogens is 424 g/mol. The van der Waals surface area contributed by atoms with Gasteiger partial charge in [0.2, 0.25) is 11.8 Å². The lowest BCUT2D eigenvalue weighted by Gasteiger charge is -2.34. The zero-order valence-corrected chi connectivity index (χ0v) is 20.2. The van der Waals surface area contributed by atoms with E-state index in [1.165, 1.54) is 6.42 Å². The fourth-order valence-electron chi connectivity index (χ4n) is 5.09. The van der Waals surface area contributed by atoms with E-state index in [1.54, 1.807) is 18.2 Å². The van der Waals surface area contributed by atoms with Crippen molar-refractivity contribution < 1.29 is 13.2 Å². The molecule has 0 spiro atoms. The maximum Gasteiger partial charge on any atom is 0.264 e. The molecule has 2 aromatic rings. The van der Waals surface area contributed by atoms with Crippen molar-refractivity contribution in [3.05, 3.63) is 36.0 Å². The molecule has 174 valence electrons. The summed E-state index contributed by atoms with van der Waals surface area (Å²) in [4.78, 5) is 9.25. The second-order valence-corrected chi connectivity index (χ2v) is 11.5. The van der Waals surface area contributed by atoms with E-state index in [4.69, 9.17) is 4.74 Å². The Morgan fingerprint density at radius 2 is 1.88 bits per heavy atom. The van der Waals surface area contributed by atoms with E-state index in [0.717, 1.165) is 30.6 Å². The van der Waals surface area contributed by atoms with Gasteiger partial charge in [-0.2, -0.15) is 4.98 Å². The minimum absolute atomic E-state index is 0.0229. The minimum atomic E-state index is -3.83. The van der Waals surface area contributed by atoms with Crippen LogP contribution >= 0.6 is 0 Å². The predicted octanol–water partition coefficient (Wildman–Crippen LogP) is 5.04. The third-order valence-corrected chi connectivity index (χ3v) is 7.86. The van der Waals surface area contributed by atoms with Crippen molar-refractivity contribution in [3.63, 3.8) is 0 Å². The zero-order valence-electron chi connectivity index (χ0n) is 19.3. The highest BCUT2D eigenvalue weighted by Gasteiger charge is 2.31. The molecule has 2 heterocycles. The molecule has 7 nitrogen and oxygen atoms in total. The van der Waals surface area contributed by atoms with Crippen LogP contribution < -0.4 is 14.8 Å². The van der Waals surface area contributed by atoms with Gasteiger partial charge >= 0.3 is 0 Å². The van der Waals surface area contributed by atoms with Crippen LogP contribution in [0.4, 0.5) is 11.6 Å². The fraction of sp³-hybridized carbons (Fsp3) is 0.583. The first-order valence-electron chi connectivity index (χ1n) is 11.6. The zero-order chi connectivity index (χ0) is 22.9. The summed E-state index contributed by atoms with van der Waals surface area (Å²) in [5, 5.41) is 3.45. The lowest BCUT2D eigenvalue weighted by Crippen LogP contribution is -2.30. The molecule has 3 atom stereocenters. The Kier molecular flexibility index (Phi) is 6.60. The third-order valence-electron chi connectivity index (χ3n) is 6.54. The quantitative estimate of drug-likeness (QED) is 0.670. The Hall–Kier alpha value is -2.35. The molecule has 0 saturated heterocycles. The monoisotopic (exact) mass is 458 g/mol. The van der Waals surface area contributed by atoms with Crippen molar-refractivity contribution >= 4 is 21.7 Å². The topological polar surface area (TPSA) is 93.2 Å². The SMILES string of the molecule is CC(C)C[C@@H]1COc2cc(C3C(C)CCCC3C)nc(n2)NS(=O)(=O)c2cccc(c2)N1. The Bertz CT molecular complexity index is 1050. The number of nitrogens with zero attached hydrogens (tertiary/aromatic N) is 2. The van der Waals surface area contributed by atoms with Crippen molar-refractivity contribution in [2.75, 3.05) is 16.6 Å². The van der Waals surface area contributed by atoms with E-state index in [2.05, 4.69) is 47.7 Å². The van der Waals surface area contributed by atoms with Crippen molar-refractivity contribution in [3.8, 4) is 5.88 Å². The number of nitrogens with one attached hydrogen (secondary N) is 2. The Balaban J connectivity index is 1.77. The Morgan fingerprint density at radius 3 is 2.59 bits per heavy atom. The first-order chi connectivity index (χ1) is 15.2. The molecular formula is C24H34N4O3S. The van der Waals surface area contributed by atoms with Gasteiger partial charge in [-0.05, 0) is 42.4 Å². The summed E-state index contributed by atoms with van der Waals surface area (Å²) in [5.41, 5.74) is 1.60. The number of ether oxygens (including phenoxy) is 1. The molecule has 1 aliphatic heterocycles. The summed E-state index contributed by atoms with van der Waals surface area (Å²) >= 11 is 0. The normalized spacial score (nSPS) is 27.3. The molecule has 2 unspecified atom stereocenters. The van der Waals surface area contributed by atoms with Crippen LogP contribution in [0.3, 0.4) is 0 Å². The Labute approximate surface area is 191 Å². The Morgan fingerprint density at radius 1 is 1.12 bits per heavy atom. The van der Waals surface area contributed by atoms with Crippen molar-refractivity contribution in [2.45, 2.75) is 70.2 Å². The largest absolute Gasteiger partial charge is 0.475 e. The summed E-state index contributed by atoms with van der Waals surface area (Å²) in [6.45, 7) is 9.25. The number of hydrogen-bond donors (Lipinski definition) is 2. The van der Waals surface area contributed by atoms with E-state index < -0.39 is 10.0 Å². The van der Waals surface area contributed by atoms with Crippen LogP contribution in [0.2, 0.25) is 0 Å². The number of aromatic nitrogens is 2. The molecule has 4 rings (SSSR count). The number of hydrogen-bond acceptors (Lipinski definition) is 6. The van der Waals surface area contributed by atoms with Gasteiger partial charge in [0, 0.05) is 17.7 Å². The summed E-state index contributed by atoms with van der Waals surface area (Å²) in [5.74, 6) is 2.13. The molecule has 1 aliphatic carbocycles. The first-order valence-corrected chi connectivity index (χ1v) is 13.1. The number of rotatable bonds is 3. The average molecular weight is 459 g/mol. The molecule has 0 radical (unpaired) electrons. The fourth-order valence-corrected chi connectivity index (χ4v) is 6.08. The third kappa shape index (κ3) is 5.17. The van der Waals surface area contributed by atoms with Gasteiger partial charge in [-0.15, -0.1) is 0 Å². The van der Waals surface area contributed by atoms with Crippen LogP contribution in [0.1, 0.15) is 65.0 Å². The lowest BCUT2D eigenvalue weighted by molar-refractivity contribution is 0.241. The number of fused-ring (bicyclic) bond motifs is 4. The van der Waals surface area contributed by atoms with Crippen molar-refractivity contribution in [2.24, 2.45) is 17.8 Å². The summed E-state index contributed by atoms with van der Waals surface area (Å²) in [6, 6.07) is 8.77. The van der Waals surface area contributed by atoms with Gasteiger partial charge in [0.25, 0.3) is 10.0 Å². The van der Waals surface area contributed by atoms with Gasteiger partial charge in [0.15, 0.2) is 0 Å². The summed E-state index contributed by atoms with van der Waals surface area (Å²) < 4.78 is 34.9. The van der Waals surface area contributed by atoms with Crippen molar-refractivity contribution in [1.82, 2.24) is 9.97 Å². The van der Waals surface area contributed by atoms with Gasteiger partial charge in [-0.3, -0.25) is 0 Å². The second kappa shape index (κ2) is 9.25. The maximum absolute atomic E-state index is 13.1. The van der Waals surface area contributed by atoms with Crippen LogP contribution in [-0.4, -0.2) is 31.0 Å². The smallest absolute Gasteiger partial charge is 0.264 e. The van der Waals surface area contributed by atoms with Gasteiger partial charge < -0.3 is 10.1 Å². The van der Waals surface area contributed by atoms with Crippen molar-refractivity contribution in [1.29, 1.82) is 0 Å². The number of benzene rings is 1. The van der Waals surface area contributed by atoms with E-state index in [0.29, 0.717) is 30.2 Å². The van der Waals surface area contributed by atoms with Crippen LogP contribution in [-0.2, 0) is 10.0 Å². The predicted molar refractivity (Wildman–Crippen MR) is 127 cm³/mol. The van der Waals surface area contributed by atoms with Crippen LogP contribution in [0.5, 0.6) is 5.88 Å². The maximum atomic E-state index is 13.1. The molecule has 4 bridgehead atoms. The van der Waals surface area contributed by atoms with E-state index in [1.807, 2.05) is 12.1 Å². The average Bonchev–Trinajstić information content (AvgIpc) is 2.71. The molecule has 32 heavy (non-hydrogen) atoms. The standard InChI is InChI=1S/C24H34N4O3S/c1-15(2)11-19-14-31-22-13-21(23-16(3)7-5-8-17(23)4)26-24(27-22)28-32(29,30)20-10-6-9-18(12-20)25-19/h6,9-10,12-13,15-17,19,23,25H,5,7-8,11,14H2,1-4H3,(H,26,27,28)/t16?,17?,19-,23?/m1/s1. The lowest BCUT2D eigenvalue weighted by atomic mass is 9.72. The molecule has 0 amide bonds. The van der Waals surface area contributed by atoms with Gasteiger partial charge in [0.1, 0.15) is 6.61 Å². The molecule has 2 aliphatic rings. The van der Waals surface area contributed by atoms with Crippen LogP contribution in [0.15, 0.2) is 35.2 Å². The highest BCUT2D eigenvalue weighted by molar-refractivity contribution is 7.92. The second-order valence-electron chi connectivity index (χ2n) is 9.78. The van der Waals surface area contributed by atoms with Crippen LogP contribution in [0, 0.1) is 17.8 Å². The molecule has 1 saturated carbocycles. The van der Waals surface area contributed by atoms with Gasteiger partial charge in [-0.25, -0.2) is 18.1 Å². The van der Waals surface area contributed by atoms with E-state index in [-0.39, 0.29) is 22.8 Å².